The van der Waals surface area contributed by atoms with Gasteiger partial charge in [0.2, 0.25) is 10.0 Å². The van der Waals surface area contributed by atoms with E-state index < -0.39 is 10.0 Å². The first kappa shape index (κ1) is 23.3. The highest BCUT2D eigenvalue weighted by molar-refractivity contribution is 7.89. The molecule has 0 unspecified atom stereocenters. The van der Waals surface area contributed by atoms with Gasteiger partial charge in [-0.3, -0.25) is 4.79 Å². The van der Waals surface area contributed by atoms with E-state index in [-0.39, 0.29) is 16.6 Å². The van der Waals surface area contributed by atoms with Crippen molar-refractivity contribution in [2.75, 3.05) is 31.6 Å². The maximum atomic E-state index is 13.4. The van der Waals surface area contributed by atoms with Crippen molar-refractivity contribution in [1.82, 2.24) is 4.31 Å². The van der Waals surface area contributed by atoms with E-state index in [9.17, 15) is 13.2 Å². The van der Waals surface area contributed by atoms with Crippen LogP contribution < -0.4 is 9.64 Å². The lowest BCUT2D eigenvalue weighted by Gasteiger charge is -2.30. The Morgan fingerprint density at radius 3 is 2.45 bits per heavy atom. The number of rotatable bonds is 7. The fraction of sp³-hybridized carbons (Fsp3) is 0.458. The normalized spacial score (nSPS) is 14.1. The van der Waals surface area contributed by atoms with Crippen LogP contribution in [0.25, 0.3) is 0 Å². The van der Waals surface area contributed by atoms with Gasteiger partial charge >= 0.3 is 0 Å². The SMILES string of the molecule is CCN(CC)S(=O)(=O)c1cc(C(=O)N2CCCc3cc(C(C)C)ccc32)ccc1OC. The maximum Gasteiger partial charge on any atom is 0.258 e. The third-order valence-electron chi connectivity index (χ3n) is 5.87. The topological polar surface area (TPSA) is 66.9 Å². The van der Waals surface area contributed by atoms with Crippen LogP contribution in [0.3, 0.4) is 0 Å². The first-order chi connectivity index (χ1) is 14.7. The molecule has 0 saturated carbocycles. The van der Waals surface area contributed by atoms with Crippen LogP contribution in [0, 0.1) is 0 Å². The van der Waals surface area contributed by atoms with Gasteiger partial charge in [0.25, 0.3) is 5.91 Å². The monoisotopic (exact) mass is 444 g/mol. The third-order valence-corrected chi connectivity index (χ3v) is 7.94. The lowest BCUT2D eigenvalue weighted by atomic mass is 9.94. The van der Waals surface area contributed by atoms with Gasteiger partial charge in [0.1, 0.15) is 10.6 Å². The highest BCUT2D eigenvalue weighted by Gasteiger charge is 2.29. The first-order valence-corrected chi connectivity index (χ1v) is 12.3. The van der Waals surface area contributed by atoms with Crippen molar-refractivity contribution in [3.8, 4) is 5.75 Å². The second-order valence-electron chi connectivity index (χ2n) is 8.06. The van der Waals surface area contributed by atoms with Crippen molar-refractivity contribution in [3.63, 3.8) is 0 Å². The smallest absolute Gasteiger partial charge is 0.258 e. The summed E-state index contributed by atoms with van der Waals surface area (Å²) in [6.45, 7) is 9.19. The van der Waals surface area contributed by atoms with Gasteiger partial charge in [-0.1, -0.05) is 39.8 Å². The number of hydrogen-bond donors (Lipinski definition) is 0. The van der Waals surface area contributed by atoms with Gasteiger partial charge in [0.15, 0.2) is 0 Å². The molecule has 7 heteroatoms. The Morgan fingerprint density at radius 1 is 1.13 bits per heavy atom. The lowest BCUT2D eigenvalue weighted by Crippen LogP contribution is -2.36. The van der Waals surface area contributed by atoms with Crippen LogP contribution in [0.5, 0.6) is 5.75 Å². The molecule has 0 aromatic heterocycles. The molecule has 168 valence electrons. The molecule has 0 bridgehead atoms. The van der Waals surface area contributed by atoms with Gasteiger partial charge in [-0.05, 0) is 54.2 Å². The molecule has 0 fully saturated rings. The molecule has 0 atom stereocenters. The summed E-state index contributed by atoms with van der Waals surface area (Å²) in [7, 11) is -2.33. The van der Waals surface area contributed by atoms with Gasteiger partial charge in [-0.25, -0.2) is 8.42 Å². The van der Waals surface area contributed by atoms with Gasteiger partial charge in [0.05, 0.1) is 7.11 Å². The van der Waals surface area contributed by atoms with Crippen molar-refractivity contribution < 1.29 is 17.9 Å². The Hall–Kier alpha value is -2.38. The summed E-state index contributed by atoms with van der Waals surface area (Å²) in [5.74, 6) is 0.465. The van der Waals surface area contributed by atoms with Gasteiger partial charge < -0.3 is 9.64 Å². The number of benzene rings is 2. The predicted octanol–water partition coefficient (Wildman–Crippen LogP) is 4.44. The van der Waals surface area contributed by atoms with Crippen LogP contribution in [0.4, 0.5) is 5.69 Å². The van der Waals surface area contributed by atoms with E-state index in [1.165, 1.54) is 23.0 Å². The van der Waals surface area contributed by atoms with Crippen LogP contribution in [-0.4, -0.2) is 45.4 Å². The number of sulfonamides is 1. The number of amides is 1. The van der Waals surface area contributed by atoms with E-state index in [1.807, 2.05) is 6.07 Å². The molecule has 31 heavy (non-hydrogen) atoms. The van der Waals surface area contributed by atoms with E-state index in [4.69, 9.17) is 4.74 Å². The third kappa shape index (κ3) is 4.48. The molecular formula is C24H32N2O4S. The standard InChI is InChI=1S/C24H32N2O4S/c1-6-25(7-2)31(28,29)23-16-20(11-13-22(23)30-5)24(27)26-14-8-9-19-15-18(17(3)4)10-12-21(19)26/h10-13,15-17H,6-9,14H2,1-5H3. The summed E-state index contributed by atoms with van der Waals surface area (Å²) < 4.78 is 33.0. The van der Waals surface area contributed by atoms with E-state index in [1.54, 1.807) is 30.9 Å². The number of anilines is 1. The minimum atomic E-state index is -3.77. The van der Waals surface area contributed by atoms with Crippen LogP contribution in [-0.2, 0) is 16.4 Å². The zero-order valence-electron chi connectivity index (χ0n) is 19.0. The molecule has 6 nitrogen and oxygen atoms in total. The number of ether oxygens (including phenoxy) is 1. The molecule has 1 aliphatic heterocycles. The van der Waals surface area contributed by atoms with E-state index >= 15 is 0 Å². The summed E-state index contributed by atoms with van der Waals surface area (Å²) in [4.78, 5) is 15.2. The molecule has 0 radical (unpaired) electrons. The molecule has 0 aliphatic carbocycles. The molecule has 2 aromatic rings. The summed E-state index contributed by atoms with van der Waals surface area (Å²) in [6.07, 6.45) is 1.81. The van der Waals surface area contributed by atoms with Crippen molar-refractivity contribution >= 4 is 21.6 Å². The Morgan fingerprint density at radius 2 is 1.84 bits per heavy atom. The maximum absolute atomic E-state index is 13.4. The van der Waals surface area contributed by atoms with E-state index in [2.05, 4.69) is 26.0 Å². The molecule has 0 spiro atoms. The molecular weight excluding hydrogens is 412 g/mol. The van der Waals surface area contributed by atoms with Crippen LogP contribution >= 0.6 is 0 Å². The number of nitrogens with zero attached hydrogens (tertiary/aromatic N) is 2. The minimum Gasteiger partial charge on any atom is -0.495 e. The number of aryl methyl sites for hydroxylation is 1. The molecule has 1 heterocycles. The molecule has 3 rings (SSSR count). The van der Waals surface area contributed by atoms with Gasteiger partial charge in [-0.2, -0.15) is 4.31 Å². The Bertz CT molecular complexity index is 1060. The first-order valence-electron chi connectivity index (χ1n) is 10.9. The van der Waals surface area contributed by atoms with E-state index in [0.29, 0.717) is 31.1 Å². The largest absolute Gasteiger partial charge is 0.495 e. The number of methoxy groups -OCH3 is 1. The number of carbonyl (C=O) groups is 1. The molecule has 2 aromatic carbocycles. The second kappa shape index (κ2) is 9.40. The van der Waals surface area contributed by atoms with Crippen LogP contribution in [0.1, 0.15) is 61.5 Å². The quantitative estimate of drug-likeness (QED) is 0.633. The van der Waals surface area contributed by atoms with Gasteiger partial charge in [0, 0.05) is 30.9 Å². The highest BCUT2D eigenvalue weighted by Crippen LogP contribution is 2.33. The molecule has 0 N–H and O–H groups in total. The zero-order valence-corrected chi connectivity index (χ0v) is 19.8. The number of carbonyl (C=O) groups excluding carboxylic acids is 1. The predicted molar refractivity (Wildman–Crippen MR) is 124 cm³/mol. The van der Waals surface area contributed by atoms with Crippen LogP contribution in [0.2, 0.25) is 0 Å². The Kier molecular flexibility index (Phi) is 7.06. The molecule has 1 amide bonds. The minimum absolute atomic E-state index is 0.0249. The summed E-state index contributed by atoms with van der Waals surface area (Å²) in [5, 5.41) is 0. The molecule has 1 aliphatic rings. The zero-order chi connectivity index (χ0) is 22.8. The fourth-order valence-electron chi connectivity index (χ4n) is 4.06. The second-order valence-corrected chi connectivity index (χ2v) is 9.96. The van der Waals surface area contributed by atoms with Crippen molar-refractivity contribution in [2.24, 2.45) is 0 Å². The Balaban J connectivity index is 2.02. The molecule has 0 saturated heterocycles. The lowest BCUT2D eigenvalue weighted by molar-refractivity contribution is 0.0985. The average Bonchev–Trinajstić information content (AvgIpc) is 2.77. The van der Waals surface area contributed by atoms with Crippen LogP contribution in [0.15, 0.2) is 41.3 Å². The summed E-state index contributed by atoms with van der Waals surface area (Å²) >= 11 is 0. The van der Waals surface area contributed by atoms with E-state index in [0.717, 1.165) is 24.1 Å². The van der Waals surface area contributed by atoms with Crippen molar-refractivity contribution in [3.05, 3.63) is 53.1 Å². The fourth-order valence-corrected chi connectivity index (χ4v) is 5.70. The number of fused-ring (bicyclic) bond motifs is 1. The number of hydrogen-bond acceptors (Lipinski definition) is 4. The van der Waals surface area contributed by atoms with Crippen molar-refractivity contribution in [2.45, 2.75) is 51.3 Å². The van der Waals surface area contributed by atoms with Gasteiger partial charge in [-0.15, -0.1) is 0 Å². The van der Waals surface area contributed by atoms with Crippen molar-refractivity contribution in [1.29, 1.82) is 0 Å². The Labute approximate surface area is 185 Å². The average molecular weight is 445 g/mol. The summed E-state index contributed by atoms with van der Waals surface area (Å²) in [5.41, 5.74) is 3.66. The highest BCUT2D eigenvalue weighted by atomic mass is 32.2. The summed E-state index contributed by atoms with van der Waals surface area (Å²) in [6, 6.07) is 10.9.